The summed E-state index contributed by atoms with van der Waals surface area (Å²) in [4.78, 5) is 14.7. The first-order chi connectivity index (χ1) is 13.6. The number of carbonyl (C=O) groups is 1. The monoisotopic (exact) mass is 412 g/mol. The van der Waals surface area contributed by atoms with Crippen LogP contribution >= 0.6 is 0 Å². The minimum atomic E-state index is -3.82. The second-order valence-electron chi connectivity index (χ2n) is 7.93. The molecule has 1 aromatic heterocycles. The molecule has 0 unspecified atom stereocenters. The highest BCUT2D eigenvalue weighted by atomic mass is 32.2. The van der Waals surface area contributed by atoms with Crippen molar-refractivity contribution in [2.75, 3.05) is 11.4 Å². The van der Waals surface area contributed by atoms with E-state index in [2.05, 4.69) is 26.8 Å². The SMILES string of the molecule is Cc1cc2occ(CC(=O)N3CCc4ccc(S(N)(=O)=O)cc43)c2cc1C(C)C. The summed E-state index contributed by atoms with van der Waals surface area (Å²) in [7, 11) is -3.82. The van der Waals surface area contributed by atoms with Gasteiger partial charge in [-0.2, -0.15) is 0 Å². The minimum Gasteiger partial charge on any atom is -0.464 e. The molecule has 6 nitrogen and oxygen atoms in total. The Kier molecular flexibility index (Phi) is 4.75. The summed E-state index contributed by atoms with van der Waals surface area (Å²) in [5.74, 6) is 0.282. The van der Waals surface area contributed by atoms with E-state index in [-0.39, 0.29) is 17.2 Å². The first kappa shape index (κ1) is 19.7. The van der Waals surface area contributed by atoms with Crippen molar-refractivity contribution in [3.8, 4) is 0 Å². The number of hydrogen-bond donors (Lipinski definition) is 1. The zero-order valence-electron chi connectivity index (χ0n) is 16.7. The van der Waals surface area contributed by atoms with Crippen LogP contribution in [0, 0.1) is 6.92 Å². The highest BCUT2D eigenvalue weighted by Crippen LogP contribution is 2.33. The summed E-state index contributed by atoms with van der Waals surface area (Å²) >= 11 is 0. The molecule has 1 amide bonds. The maximum Gasteiger partial charge on any atom is 0.238 e. The molecule has 0 aliphatic carbocycles. The Hall–Kier alpha value is -2.64. The molecular formula is C22H24N2O4S. The van der Waals surface area contributed by atoms with Crippen molar-refractivity contribution in [2.45, 2.75) is 44.4 Å². The Balaban J connectivity index is 1.66. The Morgan fingerprint density at radius 2 is 2.00 bits per heavy atom. The number of benzene rings is 2. The Morgan fingerprint density at radius 3 is 2.69 bits per heavy atom. The fourth-order valence-corrected chi connectivity index (χ4v) is 4.59. The van der Waals surface area contributed by atoms with Gasteiger partial charge >= 0.3 is 0 Å². The van der Waals surface area contributed by atoms with E-state index in [1.165, 1.54) is 23.3 Å². The molecule has 7 heteroatoms. The van der Waals surface area contributed by atoms with Crippen molar-refractivity contribution in [1.82, 2.24) is 0 Å². The fraction of sp³-hybridized carbons (Fsp3) is 0.318. The molecule has 0 bridgehead atoms. The standard InChI is InChI=1S/C22H24N2O4S/c1-13(2)18-11-19-16(12-28-21(19)8-14(18)3)9-22(25)24-7-6-15-4-5-17(10-20(15)24)29(23,26)27/h4-5,8,10-13H,6-7,9H2,1-3H3,(H2,23,26,27). The maximum atomic E-state index is 13.1. The Morgan fingerprint density at radius 1 is 1.24 bits per heavy atom. The summed E-state index contributed by atoms with van der Waals surface area (Å²) in [5, 5.41) is 6.20. The van der Waals surface area contributed by atoms with Gasteiger partial charge in [-0.15, -0.1) is 0 Å². The number of amides is 1. The Labute approximate surface area is 170 Å². The maximum absolute atomic E-state index is 13.1. The van der Waals surface area contributed by atoms with Gasteiger partial charge in [-0.1, -0.05) is 19.9 Å². The molecule has 0 saturated heterocycles. The number of nitrogens with two attached hydrogens (primary N) is 1. The quantitative estimate of drug-likeness (QED) is 0.708. The fourth-order valence-electron chi connectivity index (χ4n) is 4.06. The van der Waals surface area contributed by atoms with Crippen LogP contribution in [0.4, 0.5) is 5.69 Å². The predicted octanol–water partition coefficient (Wildman–Crippen LogP) is 3.64. The molecule has 0 radical (unpaired) electrons. The van der Waals surface area contributed by atoms with Gasteiger partial charge in [-0.25, -0.2) is 13.6 Å². The lowest BCUT2D eigenvalue weighted by atomic mass is 9.95. The minimum absolute atomic E-state index is 0.0155. The van der Waals surface area contributed by atoms with E-state index in [9.17, 15) is 13.2 Å². The zero-order chi connectivity index (χ0) is 20.9. The number of hydrogen-bond acceptors (Lipinski definition) is 4. The molecule has 2 N–H and O–H groups in total. The molecule has 152 valence electrons. The van der Waals surface area contributed by atoms with Crippen molar-refractivity contribution >= 4 is 32.6 Å². The molecule has 0 atom stereocenters. The summed E-state index contributed by atoms with van der Waals surface area (Å²) in [6.07, 6.45) is 2.52. The molecule has 2 aromatic carbocycles. The van der Waals surface area contributed by atoms with Crippen molar-refractivity contribution < 1.29 is 17.6 Å². The van der Waals surface area contributed by atoms with Crippen LogP contribution in [-0.2, 0) is 27.7 Å². The lowest BCUT2D eigenvalue weighted by Gasteiger charge is -2.18. The van der Waals surface area contributed by atoms with E-state index < -0.39 is 10.0 Å². The highest BCUT2D eigenvalue weighted by Gasteiger charge is 2.27. The van der Waals surface area contributed by atoms with Crippen molar-refractivity contribution in [3.05, 3.63) is 58.8 Å². The van der Waals surface area contributed by atoms with Gasteiger partial charge in [0.2, 0.25) is 15.9 Å². The number of rotatable bonds is 4. The summed E-state index contributed by atoms with van der Waals surface area (Å²) in [5.41, 5.74) is 5.57. The molecule has 1 aliphatic heterocycles. The number of carbonyl (C=O) groups excluding carboxylic acids is 1. The smallest absolute Gasteiger partial charge is 0.238 e. The number of aryl methyl sites for hydroxylation is 1. The summed E-state index contributed by atoms with van der Waals surface area (Å²) < 4.78 is 29.1. The van der Waals surface area contributed by atoms with Gasteiger partial charge in [0, 0.05) is 23.2 Å². The molecular weight excluding hydrogens is 388 g/mol. The molecule has 0 spiro atoms. The molecule has 3 aromatic rings. The van der Waals surface area contributed by atoms with Crippen LogP contribution in [0.1, 0.15) is 42.0 Å². The molecule has 4 rings (SSSR count). The van der Waals surface area contributed by atoms with Crippen molar-refractivity contribution in [1.29, 1.82) is 0 Å². The second-order valence-corrected chi connectivity index (χ2v) is 9.49. The van der Waals surface area contributed by atoms with Crippen LogP contribution in [0.15, 0.2) is 45.9 Å². The topological polar surface area (TPSA) is 93.6 Å². The van der Waals surface area contributed by atoms with Crippen molar-refractivity contribution in [2.24, 2.45) is 5.14 Å². The molecule has 0 saturated carbocycles. The number of furan rings is 1. The largest absolute Gasteiger partial charge is 0.464 e. The van der Waals surface area contributed by atoms with E-state index in [1.807, 2.05) is 6.07 Å². The number of sulfonamides is 1. The summed E-state index contributed by atoms with van der Waals surface area (Å²) in [6, 6.07) is 8.83. The zero-order valence-corrected chi connectivity index (χ0v) is 17.5. The normalized spacial score (nSPS) is 14.0. The van der Waals surface area contributed by atoms with Crippen LogP contribution in [0.5, 0.6) is 0 Å². The van der Waals surface area contributed by atoms with Crippen LogP contribution in [0.2, 0.25) is 0 Å². The van der Waals surface area contributed by atoms with Gasteiger partial charge in [-0.05, 0) is 60.2 Å². The van der Waals surface area contributed by atoms with E-state index >= 15 is 0 Å². The van der Waals surface area contributed by atoms with Crippen LogP contribution in [-0.4, -0.2) is 20.9 Å². The lowest BCUT2D eigenvalue weighted by molar-refractivity contribution is -0.117. The average molecular weight is 413 g/mol. The lowest BCUT2D eigenvalue weighted by Crippen LogP contribution is -2.30. The molecule has 0 fully saturated rings. The van der Waals surface area contributed by atoms with Crippen LogP contribution in [0.3, 0.4) is 0 Å². The third-order valence-electron chi connectivity index (χ3n) is 5.59. The van der Waals surface area contributed by atoms with E-state index in [4.69, 9.17) is 9.56 Å². The predicted molar refractivity (Wildman–Crippen MR) is 113 cm³/mol. The molecule has 1 aliphatic rings. The third kappa shape index (κ3) is 3.56. The number of fused-ring (bicyclic) bond motifs is 2. The molecule has 29 heavy (non-hydrogen) atoms. The van der Waals surface area contributed by atoms with Crippen LogP contribution in [0.25, 0.3) is 11.0 Å². The highest BCUT2D eigenvalue weighted by molar-refractivity contribution is 7.89. The van der Waals surface area contributed by atoms with Gasteiger partial charge in [0.25, 0.3) is 0 Å². The molecule has 2 heterocycles. The summed E-state index contributed by atoms with van der Waals surface area (Å²) in [6.45, 7) is 6.87. The third-order valence-corrected chi connectivity index (χ3v) is 6.50. The van der Waals surface area contributed by atoms with E-state index in [0.717, 1.165) is 22.1 Å². The van der Waals surface area contributed by atoms with E-state index in [0.29, 0.717) is 24.6 Å². The van der Waals surface area contributed by atoms with Gasteiger partial charge in [0.1, 0.15) is 5.58 Å². The van der Waals surface area contributed by atoms with Crippen molar-refractivity contribution in [3.63, 3.8) is 0 Å². The van der Waals surface area contributed by atoms with Crippen LogP contribution < -0.4 is 10.0 Å². The Bertz CT molecular complexity index is 1230. The first-order valence-corrected chi connectivity index (χ1v) is 11.2. The average Bonchev–Trinajstić information content (AvgIpc) is 3.23. The van der Waals surface area contributed by atoms with E-state index in [1.54, 1.807) is 17.2 Å². The van der Waals surface area contributed by atoms with Gasteiger partial charge in [0.15, 0.2) is 0 Å². The van der Waals surface area contributed by atoms with Gasteiger partial charge in [-0.3, -0.25) is 4.79 Å². The van der Waals surface area contributed by atoms with Gasteiger partial charge in [0.05, 0.1) is 17.6 Å². The second kappa shape index (κ2) is 7.00. The number of anilines is 1. The number of nitrogens with zero attached hydrogens (tertiary/aromatic N) is 1. The van der Waals surface area contributed by atoms with Gasteiger partial charge < -0.3 is 9.32 Å². The first-order valence-electron chi connectivity index (χ1n) is 9.62. The number of primary sulfonamides is 1.